The summed E-state index contributed by atoms with van der Waals surface area (Å²) in [5, 5.41) is 0. The molecule has 2 unspecified atom stereocenters. The van der Waals surface area contributed by atoms with Crippen LogP contribution in [-0.2, 0) is 11.2 Å². The zero-order chi connectivity index (χ0) is 12.3. The van der Waals surface area contributed by atoms with Crippen molar-refractivity contribution in [1.29, 1.82) is 0 Å². The molecule has 0 amide bonds. The number of para-hydroxylation sites is 1. The van der Waals surface area contributed by atoms with Crippen molar-refractivity contribution in [2.75, 3.05) is 31.7 Å². The smallest absolute Gasteiger partial charge is 0.0678 e. The van der Waals surface area contributed by atoms with Gasteiger partial charge in [-0.1, -0.05) is 25.1 Å². The topological polar surface area (TPSA) is 38.5 Å². The maximum atomic E-state index is 5.87. The average Bonchev–Trinajstić information content (AvgIpc) is 2.35. The van der Waals surface area contributed by atoms with Gasteiger partial charge in [-0.3, -0.25) is 0 Å². The lowest BCUT2D eigenvalue weighted by atomic mass is 9.93. The molecule has 1 aliphatic heterocycles. The number of ether oxygens (including phenoxy) is 1. The summed E-state index contributed by atoms with van der Waals surface area (Å²) in [5.74, 6) is 0.677. The summed E-state index contributed by atoms with van der Waals surface area (Å²) in [4.78, 5) is 2.41. The fraction of sp³-hybridized carbons (Fsp3) is 0.571. The van der Waals surface area contributed by atoms with Gasteiger partial charge in [-0.2, -0.15) is 0 Å². The van der Waals surface area contributed by atoms with Crippen molar-refractivity contribution in [3.8, 4) is 0 Å². The Morgan fingerprint density at radius 1 is 1.47 bits per heavy atom. The highest BCUT2D eigenvalue weighted by Crippen LogP contribution is 2.30. The Bertz CT molecular complexity index is 367. The summed E-state index contributed by atoms with van der Waals surface area (Å²) >= 11 is 0. The molecule has 0 fully saturated rings. The maximum absolute atomic E-state index is 5.87. The first kappa shape index (κ1) is 12.4. The zero-order valence-electron chi connectivity index (χ0n) is 10.7. The van der Waals surface area contributed by atoms with Crippen LogP contribution in [0.2, 0.25) is 0 Å². The molecule has 2 N–H and O–H groups in total. The molecule has 1 aromatic carbocycles. The second-order valence-corrected chi connectivity index (χ2v) is 4.94. The van der Waals surface area contributed by atoms with Crippen molar-refractivity contribution in [2.24, 2.45) is 11.7 Å². The van der Waals surface area contributed by atoms with E-state index < -0.39 is 0 Å². The first-order valence-electron chi connectivity index (χ1n) is 6.29. The molecule has 0 bridgehead atoms. The van der Waals surface area contributed by atoms with Gasteiger partial charge in [-0.15, -0.1) is 0 Å². The van der Waals surface area contributed by atoms with Crippen LogP contribution < -0.4 is 10.6 Å². The Labute approximate surface area is 104 Å². The summed E-state index contributed by atoms with van der Waals surface area (Å²) in [6, 6.07) is 8.91. The summed E-state index contributed by atoms with van der Waals surface area (Å²) < 4.78 is 5.28. The van der Waals surface area contributed by atoms with Crippen molar-refractivity contribution < 1.29 is 4.74 Å². The molecule has 0 aliphatic carbocycles. The molecule has 3 nitrogen and oxygen atoms in total. The van der Waals surface area contributed by atoms with E-state index in [-0.39, 0.29) is 6.04 Å². The van der Waals surface area contributed by atoms with E-state index in [1.807, 2.05) is 0 Å². The molecule has 2 atom stereocenters. The van der Waals surface area contributed by atoms with E-state index >= 15 is 0 Å². The van der Waals surface area contributed by atoms with E-state index in [0.29, 0.717) is 19.1 Å². The minimum atomic E-state index is 0.281. The Morgan fingerprint density at radius 3 is 2.94 bits per heavy atom. The minimum Gasteiger partial charge on any atom is -0.383 e. The van der Waals surface area contributed by atoms with Crippen molar-refractivity contribution in [3.63, 3.8) is 0 Å². The third-order valence-corrected chi connectivity index (χ3v) is 3.45. The Morgan fingerprint density at radius 2 is 2.24 bits per heavy atom. The van der Waals surface area contributed by atoms with Gasteiger partial charge in [0.2, 0.25) is 0 Å². The van der Waals surface area contributed by atoms with Gasteiger partial charge in [0, 0.05) is 25.9 Å². The number of nitrogens with zero attached hydrogens (tertiary/aromatic N) is 1. The number of nitrogens with two attached hydrogens (primary N) is 1. The number of benzene rings is 1. The average molecular weight is 234 g/mol. The summed E-state index contributed by atoms with van der Waals surface area (Å²) in [6.45, 7) is 4.69. The summed E-state index contributed by atoms with van der Waals surface area (Å²) in [7, 11) is 1.74. The quantitative estimate of drug-likeness (QED) is 0.861. The van der Waals surface area contributed by atoms with Gasteiger partial charge in [0.1, 0.15) is 0 Å². The van der Waals surface area contributed by atoms with Crippen LogP contribution in [0.4, 0.5) is 5.69 Å². The van der Waals surface area contributed by atoms with Gasteiger partial charge in [0.05, 0.1) is 12.6 Å². The SMILES string of the molecule is COCC(CN)N1CC(C)Cc2ccccc21. The number of anilines is 1. The fourth-order valence-electron chi connectivity index (χ4n) is 2.66. The van der Waals surface area contributed by atoms with E-state index in [9.17, 15) is 0 Å². The third-order valence-electron chi connectivity index (χ3n) is 3.45. The summed E-state index contributed by atoms with van der Waals surface area (Å²) in [5.41, 5.74) is 8.63. The lowest BCUT2D eigenvalue weighted by Gasteiger charge is -2.39. The summed E-state index contributed by atoms with van der Waals surface area (Å²) in [6.07, 6.45) is 1.16. The molecule has 17 heavy (non-hydrogen) atoms. The second kappa shape index (κ2) is 5.52. The highest BCUT2D eigenvalue weighted by molar-refractivity contribution is 5.56. The van der Waals surface area contributed by atoms with Gasteiger partial charge >= 0.3 is 0 Å². The van der Waals surface area contributed by atoms with E-state index in [0.717, 1.165) is 13.0 Å². The number of fused-ring (bicyclic) bond motifs is 1. The fourth-order valence-corrected chi connectivity index (χ4v) is 2.66. The van der Waals surface area contributed by atoms with Crippen LogP contribution in [0.15, 0.2) is 24.3 Å². The molecule has 0 saturated heterocycles. The largest absolute Gasteiger partial charge is 0.383 e. The molecule has 0 radical (unpaired) electrons. The van der Waals surface area contributed by atoms with Gasteiger partial charge < -0.3 is 15.4 Å². The van der Waals surface area contributed by atoms with Crippen LogP contribution in [0.1, 0.15) is 12.5 Å². The normalized spacial score (nSPS) is 21.1. The number of hydrogen-bond donors (Lipinski definition) is 1. The van der Waals surface area contributed by atoms with E-state index in [2.05, 4.69) is 36.1 Å². The van der Waals surface area contributed by atoms with Crippen LogP contribution in [0.5, 0.6) is 0 Å². The molecule has 2 rings (SSSR count). The molecule has 1 aromatic rings. The molecule has 94 valence electrons. The molecular formula is C14H22N2O. The Hall–Kier alpha value is -1.06. The molecule has 0 saturated carbocycles. The molecule has 0 aromatic heterocycles. The first-order valence-corrected chi connectivity index (χ1v) is 6.29. The molecule has 0 spiro atoms. The standard InChI is InChI=1S/C14H22N2O/c1-11-7-12-5-3-4-6-14(12)16(9-11)13(8-15)10-17-2/h3-6,11,13H,7-10,15H2,1-2H3. The van der Waals surface area contributed by atoms with Gasteiger partial charge in [0.15, 0.2) is 0 Å². The highest BCUT2D eigenvalue weighted by Gasteiger charge is 2.26. The van der Waals surface area contributed by atoms with Crippen LogP contribution in [0.25, 0.3) is 0 Å². The predicted octanol–water partition coefficient (Wildman–Crippen LogP) is 1.66. The lowest BCUT2D eigenvalue weighted by molar-refractivity contribution is 0.176. The third kappa shape index (κ3) is 2.61. The van der Waals surface area contributed by atoms with Gasteiger partial charge in [-0.05, 0) is 24.0 Å². The van der Waals surface area contributed by atoms with Gasteiger partial charge in [0.25, 0.3) is 0 Å². The number of methoxy groups -OCH3 is 1. The van der Waals surface area contributed by atoms with Crippen molar-refractivity contribution in [2.45, 2.75) is 19.4 Å². The van der Waals surface area contributed by atoms with Crippen LogP contribution in [0.3, 0.4) is 0 Å². The molecule has 1 aliphatic rings. The molecule has 1 heterocycles. The van der Waals surface area contributed by atoms with Crippen LogP contribution in [0, 0.1) is 5.92 Å². The van der Waals surface area contributed by atoms with Gasteiger partial charge in [-0.25, -0.2) is 0 Å². The predicted molar refractivity (Wildman–Crippen MR) is 71.4 cm³/mol. The van der Waals surface area contributed by atoms with Crippen LogP contribution in [-0.4, -0.2) is 32.8 Å². The first-order chi connectivity index (χ1) is 8.26. The number of hydrogen-bond acceptors (Lipinski definition) is 3. The van der Waals surface area contributed by atoms with Crippen molar-refractivity contribution in [3.05, 3.63) is 29.8 Å². The number of rotatable bonds is 4. The van der Waals surface area contributed by atoms with E-state index in [1.165, 1.54) is 11.3 Å². The monoisotopic (exact) mass is 234 g/mol. The molecular weight excluding hydrogens is 212 g/mol. The minimum absolute atomic E-state index is 0.281. The van der Waals surface area contributed by atoms with Crippen LogP contribution >= 0.6 is 0 Å². The van der Waals surface area contributed by atoms with E-state index in [4.69, 9.17) is 10.5 Å². The highest BCUT2D eigenvalue weighted by atomic mass is 16.5. The Kier molecular flexibility index (Phi) is 4.02. The Balaban J connectivity index is 2.28. The van der Waals surface area contributed by atoms with Crippen molar-refractivity contribution in [1.82, 2.24) is 0 Å². The zero-order valence-corrected chi connectivity index (χ0v) is 10.7. The van der Waals surface area contributed by atoms with Crippen molar-refractivity contribution >= 4 is 5.69 Å². The lowest BCUT2D eigenvalue weighted by Crippen LogP contribution is -2.48. The van der Waals surface area contributed by atoms with E-state index in [1.54, 1.807) is 7.11 Å². The second-order valence-electron chi connectivity index (χ2n) is 4.94. The maximum Gasteiger partial charge on any atom is 0.0678 e. The molecule has 3 heteroatoms.